The predicted molar refractivity (Wildman–Crippen MR) is 70.2 cm³/mol. The smallest absolute Gasteiger partial charge is 0.161 e. The Morgan fingerprint density at radius 1 is 1.18 bits per heavy atom. The van der Waals surface area contributed by atoms with Crippen molar-refractivity contribution in [1.82, 2.24) is 0 Å². The van der Waals surface area contributed by atoms with Gasteiger partial charge in [0.1, 0.15) is 0 Å². The minimum Gasteiger partial charge on any atom is -0.493 e. The fourth-order valence-electron chi connectivity index (χ4n) is 2.28. The number of halogens is 1. The summed E-state index contributed by atoms with van der Waals surface area (Å²) in [6.45, 7) is 2.07. The standard InChI is InChI=1S/C14H19ClO2/c1-9-7-12(16-2)13(17-3)8-11(9)14(15)10-5-4-6-10/h7-8,10,14H,4-6H2,1-3H3. The fourth-order valence-corrected chi connectivity index (χ4v) is 2.77. The van der Waals surface area contributed by atoms with Gasteiger partial charge >= 0.3 is 0 Å². The van der Waals surface area contributed by atoms with E-state index in [0.717, 1.165) is 11.5 Å². The van der Waals surface area contributed by atoms with Crippen molar-refractivity contribution < 1.29 is 9.47 Å². The lowest BCUT2D eigenvalue weighted by Crippen LogP contribution is -2.17. The van der Waals surface area contributed by atoms with Crippen LogP contribution >= 0.6 is 11.6 Å². The first kappa shape index (κ1) is 12.6. The van der Waals surface area contributed by atoms with Crippen LogP contribution in [0.4, 0.5) is 0 Å². The Bertz CT molecular complexity index is 399. The second-order valence-corrected chi connectivity index (χ2v) is 5.13. The molecule has 1 fully saturated rings. The van der Waals surface area contributed by atoms with Crippen LogP contribution in [0.2, 0.25) is 0 Å². The van der Waals surface area contributed by atoms with E-state index in [4.69, 9.17) is 21.1 Å². The molecule has 0 bridgehead atoms. The lowest BCUT2D eigenvalue weighted by Gasteiger charge is -2.31. The van der Waals surface area contributed by atoms with E-state index < -0.39 is 0 Å². The van der Waals surface area contributed by atoms with Gasteiger partial charge in [0.05, 0.1) is 19.6 Å². The van der Waals surface area contributed by atoms with Gasteiger partial charge < -0.3 is 9.47 Å². The highest BCUT2D eigenvalue weighted by Crippen LogP contribution is 2.45. The van der Waals surface area contributed by atoms with E-state index in [2.05, 4.69) is 6.92 Å². The van der Waals surface area contributed by atoms with E-state index in [1.54, 1.807) is 14.2 Å². The highest BCUT2D eigenvalue weighted by molar-refractivity contribution is 6.21. The molecule has 1 aromatic carbocycles. The lowest BCUT2D eigenvalue weighted by atomic mass is 9.79. The summed E-state index contributed by atoms with van der Waals surface area (Å²) in [6, 6.07) is 4.02. The molecule has 1 aromatic rings. The third-order valence-corrected chi connectivity index (χ3v) is 4.22. The summed E-state index contributed by atoms with van der Waals surface area (Å²) in [4.78, 5) is 0. The van der Waals surface area contributed by atoms with E-state index in [0.29, 0.717) is 5.92 Å². The molecule has 0 amide bonds. The van der Waals surface area contributed by atoms with Crippen LogP contribution in [0.25, 0.3) is 0 Å². The van der Waals surface area contributed by atoms with Gasteiger partial charge in [-0.3, -0.25) is 0 Å². The molecule has 0 saturated heterocycles. The van der Waals surface area contributed by atoms with Crippen molar-refractivity contribution in [3.8, 4) is 11.5 Å². The minimum atomic E-state index is 0.101. The Balaban J connectivity index is 2.32. The minimum absolute atomic E-state index is 0.101. The predicted octanol–water partition coefficient (Wildman–Crippen LogP) is 4.09. The van der Waals surface area contributed by atoms with Crippen LogP contribution in [0.5, 0.6) is 11.5 Å². The quantitative estimate of drug-likeness (QED) is 0.754. The molecule has 1 unspecified atom stereocenters. The fraction of sp³-hybridized carbons (Fsp3) is 0.571. The SMILES string of the molecule is COc1cc(C)c(C(Cl)C2CCC2)cc1OC. The molecule has 2 rings (SSSR count). The average Bonchev–Trinajstić information content (AvgIpc) is 2.26. The maximum absolute atomic E-state index is 6.54. The molecular weight excluding hydrogens is 236 g/mol. The first-order valence-corrected chi connectivity index (χ1v) is 6.47. The summed E-state index contributed by atoms with van der Waals surface area (Å²) in [5.74, 6) is 2.15. The van der Waals surface area contributed by atoms with Crippen molar-refractivity contribution in [1.29, 1.82) is 0 Å². The van der Waals surface area contributed by atoms with E-state index in [1.807, 2.05) is 12.1 Å². The van der Waals surface area contributed by atoms with Crippen molar-refractivity contribution >= 4 is 11.6 Å². The summed E-state index contributed by atoms with van der Waals surface area (Å²) in [5.41, 5.74) is 2.35. The molecule has 1 aliphatic carbocycles. The van der Waals surface area contributed by atoms with Gasteiger partial charge in [-0.1, -0.05) is 6.42 Å². The molecule has 0 spiro atoms. The Kier molecular flexibility index (Phi) is 3.82. The van der Waals surface area contributed by atoms with Crippen LogP contribution in [-0.2, 0) is 0 Å². The summed E-state index contributed by atoms with van der Waals surface area (Å²) in [7, 11) is 3.31. The van der Waals surface area contributed by atoms with Crippen LogP contribution in [0.1, 0.15) is 35.8 Å². The zero-order valence-corrected chi connectivity index (χ0v) is 11.4. The van der Waals surface area contributed by atoms with Gasteiger partial charge in [-0.25, -0.2) is 0 Å². The highest BCUT2D eigenvalue weighted by Gasteiger charge is 2.28. The van der Waals surface area contributed by atoms with Gasteiger partial charge in [-0.2, -0.15) is 0 Å². The van der Waals surface area contributed by atoms with E-state index in [1.165, 1.54) is 30.4 Å². The van der Waals surface area contributed by atoms with E-state index in [-0.39, 0.29) is 5.38 Å². The molecule has 0 N–H and O–H groups in total. The molecule has 0 aromatic heterocycles. The van der Waals surface area contributed by atoms with E-state index >= 15 is 0 Å². The molecule has 0 aliphatic heterocycles. The third kappa shape index (κ3) is 2.37. The Morgan fingerprint density at radius 3 is 2.24 bits per heavy atom. The normalized spacial score (nSPS) is 17.4. The third-order valence-electron chi connectivity index (χ3n) is 3.63. The Hall–Kier alpha value is -0.890. The van der Waals surface area contributed by atoms with Gasteiger partial charge in [0.25, 0.3) is 0 Å². The zero-order valence-electron chi connectivity index (χ0n) is 10.6. The van der Waals surface area contributed by atoms with Crippen LogP contribution in [-0.4, -0.2) is 14.2 Å². The van der Waals surface area contributed by atoms with Gasteiger partial charge in [-0.05, 0) is 48.9 Å². The van der Waals surface area contributed by atoms with Crippen LogP contribution in [0, 0.1) is 12.8 Å². The number of hydrogen-bond acceptors (Lipinski definition) is 2. The average molecular weight is 255 g/mol. The molecule has 17 heavy (non-hydrogen) atoms. The van der Waals surface area contributed by atoms with Gasteiger partial charge in [-0.15, -0.1) is 11.6 Å². The van der Waals surface area contributed by atoms with Crippen molar-refractivity contribution in [3.63, 3.8) is 0 Å². The summed E-state index contributed by atoms with van der Waals surface area (Å²) in [6.07, 6.45) is 3.78. The van der Waals surface area contributed by atoms with Gasteiger partial charge in [0, 0.05) is 0 Å². The molecule has 0 heterocycles. The number of alkyl halides is 1. The first-order valence-electron chi connectivity index (χ1n) is 6.04. The van der Waals surface area contributed by atoms with Crippen molar-refractivity contribution in [3.05, 3.63) is 23.3 Å². The monoisotopic (exact) mass is 254 g/mol. The molecule has 1 atom stereocenters. The maximum Gasteiger partial charge on any atom is 0.161 e. The van der Waals surface area contributed by atoms with Gasteiger partial charge in [0.2, 0.25) is 0 Å². The van der Waals surface area contributed by atoms with Crippen LogP contribution < -0.4 is 9.47 Å². The van der Waals surface area contributed by atoms with E-state index in [9.17, 15) is 0 Å². The summed E-state index contributed by atoms with van der Waals surface area (Å²) < 4.78 is 10.6. The number of rotatable bonds is 4. The Labute approximate surface area is 108 Å². The second kappa shape index (κ2) is 5.18. The largest absolute Gasteiger partial charge is 0.493 e. The molecular formula is C14H19ClO2. The zero-order chi connectivity index (χ0) is 12.4. The topological polar surface area (TPSA) is 18.5 Å². The summed E-state index contributed by atoms with van der Waals surface area (Å²) in [5, 5.41) is 0.101. The summed E-state index contributed by atoms with van der Waals surface area (Å²) >= 11 is 6.54. The molecule has 2 nitrogen and oxygen atoms in total. The number of benzene rings is 1. The molecule has 0 radical (unpaired) electrons. The molecule has 3 heteroatoms. The van der Waals surface area contributed by atoms with Crippen LogP contribution in [0.15, 0.2) is 12.1 Å². The van der Waals surface area contributed by atoms with Crippen molar-refractivity contribution in [2.24, 2.45) is 5.92 Å². The van der Waals surface area contributed by atoms with Crippen molar-refractivity contribution in [2.75, 3.05) is 14.2 Å². The Morgan fingerprint density at radius 2 is 1.76 bits per heavy atom. The molecule has 1 saturated carbocycles. The molecule has 1 aliphatic rings. The number of methoxy groups -OCH3 is 2. The van der Waals surface area contributed by atoms with Crippen LogP contribution in [0.3, 0.4) is 0 Å². The molecule has 94 valence electrons. The first-order chi connectivity index (χ1) is 8.17. The number of hydrogen-bond donors (Lipinski definition) is 0. The van der Waals surface area contributed by atoms with Crippen molar-refractivity contribution in [2.45, 2.75) is 31.6 Å². The maximum atomic E-state index is 6.54. The number of ether oxygens (including phenoxy) is 2. The second-order valence-electron chi connectivity index (χ2n) is 4.66. The number of aryl methyl sites for hydroxylation is 1. The highest BCUT2D eigenvalue weighted by atomic mass is 35.5. The lowest BCUT2D eigenvalue weighted by molar-refractivity contribution is 0.304. The van der Waals surface area contributed by atoms with Gasteiger partial charge in [0.15, 0.2) is 11.5 Å².